The van der Waals surface area contributed by atoms with Crippen LogP contribution in [0.5, 0.6) is 0 Å². The summed E-state index contributed by atoms with van der Waals surface area (Å²) in [5, 5.41) is 12.4. The third-order valence-electron chi connectivity index (χ3n) is 2.30. The predicted octanol–water partition coefficient (Wildman–Crippen LogP) is 2.07. The Morgan fingerprint density at radius 3 is 2.85 bits per heavy atom. The lowest BCUT2D eigenvalue weighted by Crippen LogP contribution is -2.10. The lowest BCUT2D eigenvalue weighted by Gasteiger charge is -2.05. The Kier molecular flexibility index (Phi) is 2.05. The second kappa shape index (κ2) is 3.08. The molecule has 1 unspecified atom stereocenters. The molecular formula is C8H10N2O2S. The number of thiophene rings is 1. The average Bonchev–Trinajstić information content (AvgIpc) is 2.81. The van der Waals surface area contributed by atoms with Crippen LogP contribution >= 0.6 is 11.3 Å². The highest BCUT2D eigenvalue weighted by molar-refractivity contribution is 7.13. The lowest BCUT2D eigenvalue weighted by molar-refractivity contribution is -0.380. The quantitative estimate of drug-likeness (QED) is 0.597. The number of rotatable bonds is 3. The summed E-state index contributed by atoms with van der Waals surface area (Å²) in [5.41, 5.74) is 6.81. The van der Waals surface area contributed by atoms with E-state index >= 15 is 0 Å². The minimum absolute atomic E-state index is 0.00458. The van der Waals surface area contributed by atoms with Crippen LogP contribution in [0.4, 0.5) is 5.00 Å². The van der Waals surface area contributed by atoms with E-state index in [1.54, 1.807) is 11.4 Å². The number of nitrogens with two attached hydrogens (primary N) is 1. The van der Waals surface area contributed by atoms with Gasteiger partial charge in [0.1, 0.15) is 0 Å². The molecule has 1 atom stereocenters. The molecule has 70 valence electrons. The second-order valence-corrected chi connectivity index (χ2v) is 4.23. The van der Waals surface area contributed by atoms with Gasteiger partial charge in [0, 0.05) is 17.5 Å². The molecule has 1 aliphatic rings. The maximum absolute atomic E-state index is 10.4. The Morgan fingerprint density at radius 2 is 2.38 bits per heavy atom. The maximum atomic E-state index is 10.4. The van der Waals surface area contributed by atoms with Gasteiger partial charge < -0.3 is 5.73 Å². The molecule has 1 aromatic rings. The summed E-state index contributed by atoms with van der Waals surface area (Å²) in [6.45, 7) is 0. The number of hydrogen-bond donors (Lipinski definition) is 1. The van der Waals surface area contributed by atoms with Crippen LogP contribution in [0, 0.1) is 16.0 Å². The molecule has 0 spiro atoms. The molecule has 0 radical (unpaired) electrons. The van der Waals surface area contributed by atoms with Gasteiger partial charge >= 0.3 is 5.00 Å². The third-order valence-corrected chi connectivity index (χ3v) is 3.20. The van der Waals surface area contributed by atoms with Crippen LogP contribution in [0.15, 0.2) is 11.4 Å². The summed E-state index contributed by atoms with van der Waals surface area (Å²) >= 11 is 1.15. The van der Waals surface area contributed by atoms with E-state index in [1.807, 2.05) is 0 Å². The van der Waals surface area contributed by atoms with Crippen molar-refractivity contribution < 1.29 is 4.92 Å². The van der Waals surface area contributed by atoms with Crippen molar-refractivity contribution in [2.45, 2.75) is 18.9 Å². The fourth-order valence-corrected chi connectivity index (χ4v) is 2.11. The van der Waals surface area contributed by atoms with Gasteiger partial charge in [0.2, 0.25) is 0 Å². The van der Waals surface area contributed by atoms with Crippen molar-refractivity contribution in [2.24, 2.45) is 11.7 Å². The van der Waals surface area contributed by atoms with E-state index in [4.69, 9.17) is 5.73 Å². The van der Waals surface area contributed by atoms with Crippen molar-refractivity contribution in [3.8, 4) is 0 Å². The van der Waals surface area contributed by atoms with Crippen LogP contribution in [-0.2, 0) is 0 Å². The molecule has 0 aromatic carbocycles. The second-order valence-electron chi connectivity index (χ2n) is 3.34. The first-order chi connectivity index (χ1) is 6.18. The highest BCUT2D eigenvalue weighted by atomic mass is 32.1. The summed E-state index contributed by atoms with van der Waals surface area (Å²) in [6.07, 6.45) is 2.32. The van der Waals surface area contributed by atoms with Gasteiger partial charge in [0.25, 0.3) is 0 Å². The first-order valence-electron chi connectivity index (χ1n) is 4.17. The van der Waals surface area contributed by atoms with E-state index in [-0.39, 0.29) is 16.0 Å². The predicted molar refractivity (Wildman–Crippen MR) is 50.6 cm³/mol. The Morgan fingerprint density at radius 1 is 1.69 bits per heavy atom. The Labute approximate surface area is 79.5 Å². The minimum Gasteiger partial charge on any atom is -0.324 e. The molecule has 0 bridgehead atoms. The van der Waals surface area contributed by atoms with Crippen molar-refractivity contribution >= 4 is 16.3 Å². The van der Waals surface area contributed by atoms with Crippen LogP contribution in [0.25, 0.3) is 0 Å². The first kappa shape index (κ1) is 8.65. The van der Waals surface area contributed by atoms with Gasteiger partial charge in [-0.15, -0.1) is 0 Å². The largest absolute Gasteiger partial charge is 0.324 e. The van der Waals surface area contributed by atoms with E-state index in [0.717, 1.165) is 29.7 Å². The van der Waals surface area contributed by atoms with E-state index in [2.05, 4.69) is 0 Å². The summed E-state index contributed by atoms with van der Waals surface area (Å²) in [6, 6.07) is 1.60. The number of nitro groups is 1. The summed E-state index contributed by atoms with van der Waals surface area (Å²) in [4.78, 5) is 10.0. The van der Waals surface area contributed by atoms with Crippen LogP contribution in [0.2, 0.25) is 0 Å². The SMILES string of the molecule is NC(c1csc([N+](=O)[O-])c1)C1CC1. The van der Waals surface area contributed by atoms with Gasteiger partial charge in [-0.2, -0.15) is 0 Å². The van der Waals surface area contributed by atoms with Crippen LogP contribution < -0.4 is 5.73 Å². The highest BCUT2D eigenvalue weighted by Crippen LogP contribution is 2.41. The van der Waals surface area contributed by atoms with Gasteiger partial charge in [-0.25, -0.2) is 0 Å². The number of nitrogens with zero attached hydrogens (tertiary/aromatic N) is 1. The van der Waals surface area contributed by atoms with Crippen molar-refractivity contribution in [2.75, 3.05) is 0 Å². The molecule has 4 nitrogen and oxygen atoms in total. The van der Waals surface area contributed by atoms with Gasteiger partial charge in [-0.05, 0) is 24.3 Å². The van der Waals surface area contributed by atoms with Crippen LogP contribution in [-0.4, -0.2) is 4.92 Å². The fourth-order valence-electron chi connectivity index (χ4n) is 1.34. The molecule has 2 rings (SSSR count). The third kappa shape index (κ3) is 1.71. The molecule has 1 saturated carbocycles. The molecular weight excluding hydrogens is 188 g/mol. The molecule has 1 aliphatic carbocycles. The van der Waals surface area contributed by atoms with Crippen molar-refractivity contribution in [3.63, 3.8) is 0 Å². The lowest BCUT2D eigenvalue weighted by atomic mass is 10.1. The van der Waals surface area contributed by atoms with Gasteiger partial charge in [-0.1, -0.05) is 11.3 Å². The zero-order valence-corrected chi connectivity index (χ0v) is 7.79. The smallest absolute Gasteiger partial charge is 0.324 e. The van der Waals surface area contributed by atoms with Crippen molar-refractivity contribution in [1.82, 2.24) is 0 Å². The molecule has 0 saturated heterocycles. The van der Waals surface area contributed by atoms with E-state index in [0.29, 0.717) is 5.92 Å². The minimum atomic E-state index is -0.367. The van der Waals surface area contributed by atoms with Gasteiger partial charge in [0.15, 0.2) is 0 Å². The van der Waals surface area contributed by atoms with Gasteiger partial charge in [-0.3, -0.25) is 10.1 Å². The zero-order valence-electron chi connectivity index (χ0n) is 6.97. The monoisotopic (exact) mass is 198 g/mol. The molecule has 1 aromatic heterocycles. The summed E-state index contributed by atoms with van der Waals surface area (Å²) < 4.78 is 0. The van der Waals surface area contributed by atoms with E-state index < -0.39 is 0 Å². The first-order valence-corrected chi connectivity index (χ1v) is 5.05. The van der Waals surface area contributed by atoms with Gasteiger partial charge in [0.05, 0.1) is 4.92 Å². The van der Waals surface area contributed by atoms with Crippen LogP contribution in [0.1, 0.15) is 24.4 Å². The Hall–Kier alpha value is -0.940. The fraction of sp³-hybridized carbons (Fsp3) is 0.500. The zero-order chi connectivity index (χ0) is 9.42. The molecule has 1 fully saturated rings. The normalized spacial score (nSPS) is 18.5. The summed E-state index contributed by atoms with van der Waals surface area (Å²) in [5.74, 6) is 0.550. The van der Waals surface area contributed by atoms with Crippen molar-refractivity contribution in [1.29, 1.82) is 0 Å². The summed E-state index contributed by atoms with van der Waals surface area (Å²) in [7, 11) is 0. The molecule has 1 heterocycles. The molecule has 0 aliphatic heterocycles. The van der Waals surface area contributed by atoms with E-state index in [1.165, 1.54) is 0 Å². The Bertz CT molecular complexity index is 333. The highest BCUT2D eigenvalue weighted by Gasteiger charge is 2.30. The Balaban J connectivity index is 2.16. The standard InChI is InChI=1S/C8H10N2O2S/c9-8(5-1-2-5)6-3-7(10(11)12)13-4-6/h3-5,8H,1-2,9H2. The average molecular weight is 198 g/mol. The van der Waals surface area contributed by atoms with Crippen LogP contribution in [0.3, 0.4) is 0 Å². The maximum Gasteiger partial charge on any atom is 0.324 e. The van der Waals surface area contributed by atoms with Crippen molar-refractivity contribution in [3.05, 3.63) is 27.1 Å². The number of hydrogen-bond acceptors (Lipinski definition) is 4. The molecule has 5 heteroatoms. The molecule has 2 N–H and O–H groups in total. The van der Waals surface area contributed by atoms with E-state index in [9.17, 15) is 10.1 Å². The molecule has 13 heavy (non-hydrogen) atoms. The topological polar surface area (TPSA) is 69.2 Å². The molecule has 0 amide bonds.